The van der Waals surface area contributed by atoms with Crippen LogP contribution in [0.2, 0.25) is 0 Å². The summed E-state index contributed by atoms with van der Waals surface area (Å²) in [6.45, 7) is 3.81. The molecule has 0 heterocycles. The van der Waals surface area contributed by atoms with E-state index in [9.17, 15) is 9.59 Å². The molecule has 0 aromatic heterocycles. The number of aliphatic carboxylic acids is 1. The fraction of sp³-hybridized carbons (Fsp3) is 0.467. The standard InChI is InChI=1S/C15H18O4/c1-8-5-11(15(18)19)6-12(9(8)2)13(7-14(16)17)10-3-4-10/h5-6,10,13H,3-4,7H2,1-2H3,(H,16,17)(H,18,19). The van der Waals surface area contributed by atoms with Gasteiger partial charge in [0.25, 0.3) is 0 Å². The van der Waals surface area contributed by atoms with Crippen molar-refractivity contribution in [1.29, 1.82) is 0 Å². The molecule has 1 aliphatic rings. The Balaban J connectivity index is 2.45. The number of carbonyl (C=O) groups is 2. The van der Waals surface area contributed by atoms with Gasteiger partial charge in [-0.3, -0.25) is 4.79 Å². The van der Waals surface area contributed by atoms with E-state index < -0.39 is 11.9 Å². The van der Waals surface area contributed by atoms with Gasteiger partial charge in [0, 0.05) is 0 Å². The van der Waals surface area contributed by atoms with Gasteiger partial charge in [-0.2, -0.15) is 0 Å². The van der Waals surface area contributed by atoms with Crippen molar-refractivity contribution in [2.45, 2.75) is 39.0 Å². The summed E-state index contributed by atoms with van der Waals surface area (Å²) in [5, 5.41) is 18.2. The molecule has 0 bridgehead atoms. The van der Waals surface area contributed by atoms with Gasteiger partial charge in [0.15, 0.2) is 0 Å². The highest BCUT2D eigenvalue weighted by Crippen LogP contribution is 2.45. The molecule has 2 rings (SSSR count). The van der Waals surface area contributed by atoms with Crippen LogP contribution < -0.4 is 0 Å². The maximum Gasteiger partial charge on any atom is 0.335 e. The molecule has 0 aliphatic heterocycles. The van der Waals surface area contributed by atoms with E-state index in [-0.39, 0.29) is 17.9 Å². The zero-order valence-electron chi connectivity index (χ0n) is 11.1. The molecule has 19 heavy (non-hydrogen) atoms. The highest BCUT2D eigenvalue weighted by molar-refractivity contribution is 5.88. The van der Waals surface area contributed by atoms with E-state index in [1.165, 1.54) is 0 Å². The van der Waals surface area contributed by atoms with Gasteiger partial charge >= 0.3 is 11.9 Å². The minimum atomic E-state index is -0.964. The van der Waals surface area contributed by atoms with Gasteiger partial charge in [0.2, 0.25) is 0 Å². The molecule has 2 N–H and O–H groups in total. The van der Waals surface area contributed by atoms with E-state index in [0.29, 0.717) is 5.92 Å². The van der Waals surface area contributed by atoms with Gasteiger partial charge in [-0.25, -0.2) is 4.79 Å². The molecule has 0 radical (unpaired) electrons. The lowest BCUT2D eigenvalue weighted by Crippen LogP contribution is -2.12. The molecule has 1 aromatic carbocycles. The predicted molar refractivity (Wildman–Crippen MR) is 70.6 cm³/mol. The first-order valence-electron chi connectivity index (χ1n) is 6.46. The van der Waals surface area contributed by atoms with Crippen molar-refractivity contribution >= 4 is 11.9 Å². The second kappa shape index (κ2) is 5.03. The van der Waals surface area contributed by atoms with Crippen LogP contribution in [0.3, 0.4) is 0 Å². The summed E-state index contributed by atoms with van der Waals surface area (Å²) >= 11 is 0. The van der Waals surface area contributed by atoms with Crippen LogP contribution >= 0.6 is 0 Å². The second-order valence-electron chi connectivity index (χ2n) is 5.35. The Morgan fingerprint density at radius 1 is 1.26 bits per heavy atom. The minimum Gasteiger partial charge on any atom is -0.481 e. The molecule has 1 unspecified atom stereocenters. The number of carboxylic acids is 2. The van der Waals surface area contributed by atoms with E-state index in [4.69, 9.17) is 10.2 Å². The summed E-state index contributed by atoms with van der Waals surface area (Å²) in [6.07, 6.45) is 2.15. The molecular weight excluding hydrogens is 244 g/mol. The van der Waals surface area contributed by atoms with E-state index >= 15 is 0 Å². The molecule has 1 saturated carbocycles. The van der Waals surface area contributed by atoms with Gasteiger partial charge in [-0.05, 0) is 67.3 Å². The molecule has 4 nitrogen and oxygen atoms in total. The summed E-state index contributed by atoms with van der Waals surface area (Å²) < 4.78 is 0. The Hall–Kier alpha value is -1.84. The lowest BCUT2D eigenvalue weighted by Gasteiger charge is -2.19. The van der Waals surface area contributed by atoms with E-state index in [1.807, 2.05) is 13.8 Å². The summed E-state index contributed by atoms with van der Waals surface area (Å²) in [5.41, 5.74) is 3.06. The van der Waals surface area contributed by atoms with Gasteiger partial charge in [-0.1, -0.05) is 0 Å². The predicted octanol–water partition coefficient (Wildman–Crippen LogP) is 2.97. The van der Waals surface area contributed by atoms with Crippen LogP contribution in [0.4, 0.5) is 0 Å². The molecular formula is C15H18O4. The number of carboxylic acid groups (broad SMARTS) is 2. The summed E-state index contributed by atoms with van der Waals surface area (Å²) in [7, 11) is 0. The molecule has 4 heteroatoms. The maximum atomic E-state index is 11.1. The smallest absolute Gasteiger partial charge is 0.335 e. The molecule has 102 valence electrons. The summed E-state index contributed by atoms with van der Waals surface area (Å²) in [5.74, 6) is -1.46. The SMILES string of the molecule is Cc1cc(C(=O)O)cc(C(CC(=O)O)C2CC2)c1C. The molecule has 0 spiro atoms. The normalized spacial score (nSPS) is 16.1. The van der Waals surface area contributed by atoms with E-state index in [2.05, 4.69) is 0 Å². The first-order chi connectivity index (χ1) is 8.90. The van der Waals surface area contributed by atoms with Crippen LogP contribution in [0, 0.1) is 19.8 Å². The van der Waals surface area contributed by atoms with E-state index in [0.717, 1.165) is 29.5 Å². The van der Waals surface area contributed by atoms with Crippen molar-refractivity contribution in [1.82, 2.24) is 0 Å². The second-order valence-corrected chi connectivity index (χ2v) is 5.35. The fourth-order valence-electron chi connectivity index (χ4n) is 2.61. The Labute approximate surface area is 112 Å². The molecule has 0 amide bonds. The van der Waals surface area contributed by atoms with Crippen molar-refractivity contribution in [2.75, 3.05) is 0 Å². The first-order valence-corrected chi connectivity index (χ1v) is 6.46. The lowest BCUT2D eigenvalue weighted by atomic mass is 9.85. The number of hydrogen-bond donors (Lipinski definition) is 2. The Bertz CT molecular complexity index is 529. The van der Waals surface area contributed by atoms with Crippen LogP contribution in [0.25, 0.3) is 0 Å². The third-order valence-corrected chi connectivity index (χ3v) is 3.94. The van der Waals surface area contributed by atoms with Crippen molar-refractivity contribution in [3.8, 4) is 0 Å². The summed E-state index contributed by atoms with van der Waals surface area (Å²) in [6, 6.07) is 3.29. The highest BCUT2D eigenvalue weighted by atomic mass is 16.4. The average Bonchev–Trinajstić information content (AvgIpc) is 3.13. The van der Waals surface area contributed by atoms with Crippen molar-refractivity contribution < 1.29 is 19.8 Å². The molecule has 1 aliphatic carbocycles. The Kier molecular flexibility index (Phi) is 3.60. The van der Waals surface area contributed by atoms with Crippen LogP contribution in [-0.2, 0) is 4.79 Å². The van der Waals surface area contributed by atoms with Crippen molar-refractivity contribution in [2.24, 2.45) is 5.92 Å². The van der Waals surface area contributed by atoms with Gasteiger partial charge < -0.3 is 10.2 Å². The van der Waals surface area contributed by atoms with Crippen LogP contribution in [0.1, 0.15) is 52.2 Å². The topological polar surface area (TPSA) is 74.6 Å². The quantitative estimate of drug-likeness (QED) is 0.855. The van der Waals surface area contributed by atoms with Gasteiger partial charge in [0.1, 0.15) is 0 Å². The summed E-state index contributed by atoms with van der Waals surface area (Å²) in [4.78, 5) is 22.1. The minimum absolute atomic E-state index is 0.0597. The molecule has 1 atom stereocenters. The lowest BCUT2D eigenvalue weighted by molar-refractivity contribution is -0.137. The third kappa shape index (κ3) is 2.95. The van der Waals surface area contributed by atoms with Crippen molar-refractivity contribution in [3.05, 3.63) is 34.4 Å². The maximum absolute atomic E-state index is 11.1. The van der Waals surface area contributed by atoms with Crippen LogP contribution in [0.15, 0.2) is 12.1 Å². The third-order valence-electron chi connectivity index (χ3n) is 3.94. The number of rotatable bonds is 5. The van der Waals surface area contributed by atoms with Gasteiger partial charge in [0.05, 0.1) is 12.0 Å². The number of hydrogen-bond acceptors (Lipinski definition) is 2. The molecule has 0 saturated heterocycles. The number of aromatic carboxylic acids is 1. The monoisotopic (exact) mass is 262 g/mol. The van der Waals surface area contributed by atoms with Crippen LogP contribution in [0.5, 0.6) is 0 Å². The van der Waals surface area contributed by atoms with Crippen molar-refractivity contribution in [3.63, 3.8) is 0 Å². The zero-order chi connectivity index (χ0) is 14.2. The van der Waals surface area contributed by atoms with E-state index in [1.54, 1.807) is 12.1 Å². The molecule has 1 aromatic rings. The number of benzene rings is 1. The molecule has 1 fully saturated rings. The Morgan fingerprint density at radius 2 is 1.89 bits per heavy atom. The number of aryl methyl sites for hydroxylation is 1. The largest absolute Gasteiger partial charge is 0.481 e. The van der Waals surface area contributed by atoms with Gasteiger partial charge in [-0.15, -0.1) is 0 Å². The highest BCUT2D eigenvalue weighted by Gasteiger charge is 2.35. The fourth-order valence-corrected chi connectivity index (χ4v) is 2.61. The Morgan fingerprint density at radius 3 is 2.37 bits per heavy atom. The van der Waals surface area contributed by atoms with Crippen LogP contribution in [-0.4, -0.2) is 22.2 Å². The zero-order valence-corrected chi connectivity index (χ0v) is 11.1. The first kappa shape index (κ1) is 13.6. The average molecular weight is 262 g/mol.